The molecule has 0 spiro atoms. The molecule has 0 unspecified atom stereocenters. The van der Waals surface area contributed by atoms with Gasteiger partial charge in [0.1, 0.15) is 12.1 Å². The van der Waals surface area contributed by atoms with E-state index in [1.165, 1.54) is 6.92 Å². The molecule has 16 heteroatoms. The van der Waals surface area contributed by atoms with Crippen molar-refractivity contribution >= 4 is 29.6 Å². The summed E-state index contributed by atoms with van der Waals surface area (Å²) in [5.74, 6) is -13.7. The first-order valence-corrected chi connectivity index (χ1v) is 14.8. The van der Waals surface area contributed by atoms with E-state index in [-0.39, 0.29) is 38.2 Å². The summed E-state index contributed by atoms with van der Waals surface area (Å²) >= 11 is 0. The number of piperidine rings is 2. The topological polar surface area (TPSA) is 134 Å². The first kappa shape index (κ1) is 33.6. The van der Waals surface area contributed by atoms with Gasteiger partial charge in [0.25, 0.3) is 5.92 Å². The predicted molar refractivity (Wildman–Crippen MR) is 140 cm³/mol. The van der Waals surface area contributed by atoms with Crippen molar-refractivity contribution < 1.29 is 55.1 Å². The molecular weight excluding hydrogens is 602 g/mol. The quantitative estimate of drug-likeness (QED) is 0.181. The predicted octanol–water partition coefficient (Wildman–Crippen LogP) is 2.67. The number of hydrogen-bond acceptors (Lipinski definition) is 6. The van der Waals surface area contributed by atoms with Crippen molar-refractivity contribution in [2.24, 2.45) is 17.8 Å². The van der Waals surface area contributed by atoms with Crippen LogP contribution in [0.15, 0.2) is 11.9 Å². The van der Waals surface area contributed by atoms with Gasteiger partial charge in [-0.1, -0.05) is 19.3 Å². The van der Waals surface area contributed by atoms with Gasteiger partial charge in [0, 0.05) is 24.9 Å². The Labute approximate surface area is 249 Å². The number of carbonyl (C=O) groups excluding carboxylic acids is 5. The molecule has 0 radical (unpaired) electrons. The maximum Gasteiger partial charge on any atom is 0.471 e. The average molecular weight is 639 g/mol. The van der Waals surface area contributed by atoms with Crippen LogP contribution >= 0.6 is 0 Å². The molecule has 3 N–H and O–H groups in total. The molecule has 5 rings (SSSR count). The summed E-state index contributed by atoms with van der Waals surface area (Å²) in [6.45, 7) is 1.58. The van der Waals surface area contributed by atoms with Crippen LogP contribution in [0, 0.1) is 17.8 Å². The summed E-state index contributed by atoms with van der Waals surface area (Å²) in [4.78, 5) is 64.4. The summed E-state index contributed by atoms with van der Waals surface area (Å²) in [5, 5.41) is 6.69. The molecule has 0 aromatic rings. The lowest BCUT2D eigenvalue weighted by Crippen LogP contribution is -2.71. The van der Waals surface area contributed by atoms with E-state index in [1.54, 1.807) is 5.32 Å². The first-order chi connectivity index (χ1) is 20.6. The number of nitrogens with one attached hydrogen (secondary N) is 3. The maximum absolute atomic E-state index is 15.2. The molecular formula is C28H36F6N4O6. The Hall–Kier alpha value is -3.33. The average Bonchev–Trinajstić information content (AvgIpc) is 3.31. The summed E-state index contributed by atoms with van der Waals surface area (Å²) < 4.78 is 89.1. The number of halogens is 6. The van der Waals surface area contributed by atoms with E-state index < -0.39 is 89.9 Å². The third kappa shape index (κ3) is 7.48. The number of rotatable bonds is 11. The molecule has 10 nitrogen and oxygen atoms in total. The zero-order chi connectivity index (χ0) is 32.4. The Morgan fingerprint density at radius 1 is 1.09 bits per heavy atom. The lowest BCUT2D eigenvalue weighted by molar-refractivity contribution is -0.196. The van der Waals surface area contributed by atoms with Gasteiger partial charge in [-0.15, -0.1) is 0 Å². The van der Waals surface area contributed by atoms with Crippen LogP contribution in [0.25, 0.3) is 0 Å². The van der Waals surface area contributed by atoms with Gasteiger partial charge in [0.2, 0.25) is 23.5 Å². The molecule has 5 fully saturated rings. The Bertz CT molecular complexity index is 1180. The summed E-state index contributed by atoms with van der Waals surface area (Å²) in [7, 11) is 0. The van der Waals surface area contributed by atoms with Crippen molar-refractivity contribution in [3.05, 3.63) is 11.9 Å². The van der Waals surface area contributed by atoms with Crippen LogP contribution in [0.3, 0.4) is 0 Å². The molecule has 6 atom stereocenters. The third-order valence-electron chi connectivity index (χ3n) is 8.96. The SMILES string of the molecule is CCOC(=O)/C(F)=C\[C@H](C[C@H]1CCNC1=O)NC(=O)[C@H]1[C@H]2CC[C@H](CC2(F)F)N1C(=O)[C@H](CC1CCC1)NC(=O)C(F)(F)F. The second-order valence-corrected chi connectivity index (χ2v) is 11.9. The standard InChI is InChI=1S/C28H36F6N4O6/c1-2-44-25(42)19(29)12-16(11-15-8-9-35-22(15)39)36-23(40)21-18-7-6-17(13-27(18,30)31)38(21)24(41)20(10-14-4-3-5-14)37-26(43)28(32,33)34/h12,14-18,20-21H,2-11,13H2,1H3,(H,35,39)(H,36,40)(H,37,43)/b19-12+/t15-,16+,17-,18-,20+,21-/m1/s1. The van der Waals surface area contributed by atoms with Gasteiger partial charge in [-0.05, 0) is 51.0 Å². The minimum absolute atomic E-state index is 0.0577. The molecule has 3 saturated heterocycles. The number of ether oxygens (including phenoxy) is 1. The molecule has 246 valence electrons. The van der Waals surface area contributed by atoms with E-state index in [0.29, 0.717) is 31.9 Å². The van der Waals surface area contributed by atoms with Crippen LogP contribution in [0.4, 0.5) is 26.3 Å². The zero-order valence-corrected chi connectivity index (χ0v) is 24.1. The fourth-order valence-corrected chi connectivity index (χ4v) is 6.59. The van der Waals surface area contributed by atoms with Crippen molar-refractivity contribution in [3.8, 4) is 0 Å². The minimum atomic E-state index is -5.31. The van der Waals surface area contributed by atoms with Gasteiger partial charge >= 0.3 is 18.1 Å². The molecule has 5 aliphatic rings. The number of esters is 1. The Morgan fingerprint density at radius 2 is 1.80 bits per heavy atom. The van der Waals surface area contributed by atoms with Gasteiger partial charge in [-0.25, -0.2) is 13.6 Å². The van der Waals surface area contributed by atoms with E-state index in [0.717, 1.165) is 11.3 Å². The van der Waals surface area contributed by atoms with Crippen molar-refractivity contribution in [2.45, 2.75) is 101 Å². The molecule has 2 saturated carbocycles. The highest BCUT2D eigenvalue weighted by Gasteiger charge is 2.61. The highest BCUT2D eigenvalue weighted by molar-refractivity contribution is 5.94. The van der Waals surface area contributed by atoms with Crippen molar-refractivity contribution in [1.29, 1.82) is 0 Å². The van der Waals surface area contributed by atoms with Gasteiger partial charge in [-0.2, -0.15) is 17.6 Å². The minimum Gasteiger partial charge on any atom is -0.461 e. The fourth-order valence-electron chi connectivity index (χ4n) is 6.59. The monoisotopic (exact) mass is 638 g/mol. The molecule has 3 aliphatic heterocycles. The van der Waals surface area contributed by atoms with Crippen LogP contribution in [-0.2, 0) is 28.7 Å². The highest BCUT2D eigenvalue weighted by Crippen LogP contribution is 2.49. The zero-order valence-electron chi connectivity index (χ0n) is 24.1. The molecule has 44 heavy (non-hydrogen) atoms. The number of amides is 4. The van der Waals surface area contributed by atoms with Gasteiger partial charge in [0.15, 0.2) is 0 Å². The van der Waals surface area contributed by atoms with Crippen LogP contribution in [0.1, 0.15) is 64.7 Å². The van der Waals surface area contributed by atoms with E-state index in [2.05, 4.69) is 15.4 Å². The van der Waals surface area contributed by atoms with Gasteiger partial charge in [-0.3, -0.25) is 19.2 Å². The lowest BCUT2D eigenvalue weighted by atomic mass is 9.71. The number of fused-ring (bicyclic) bond motifs is 3. The van der Waals surface area contributed by atoms with Crippen LogP contribution in [0.2, 0.25) is 0 Å². The maximum atomic E-state index is 15.2. The highest BCUT2D eigenvalue weighted by atomic mass is 19.4. The smallest absolute Gasteiger partial charge is 0.461 e. The molecule has 0 aromatic heterocycles. The number of alkyl halides is 5. The Morgan fingerprint density at radius 3 is 2.34 bits per heavy atom. The second kappa shape index (κ2) is 13.3. The molecule has 2 bridgehead atoms. The third-order valence-corrected chi connectivity index (χ3v) is 8.96. The van der Waals surface area contributed by atoms with E-state index in [1.807, 2.05) is 0 Å². The normalized spacial score (nSPS) is 28.0. The summed E-state index contributed by atoms with van der Waals surface area (Å²) in [5.41, 5.74) is 0. The molecule has 0 aromatic carbocycles. The van der Waals surface area contributed by atoms with Gasteiger partial charge < -0.3 is 25.6 Å². The lowest BCUT2D eigenvalue weighted by Gasteiger charge is -2.54. The summed E-state index contributed by atoms with van der Waals surface area (Å²) in [6.07, 6.45) is -3.60. The first-order valence-electron chi connectivity index (χ1n) is 14.8. The number of carbonyl (C=O) groups is 5. The molecule has 2 aliphatic carbocycles. The molecule has 4 amide bonds. The van der Waals surface area contributed by atoms with Crippen molar-refractivity contribution in [3.63, 3.8) is 0 Å². The van der Waals surface area contributed by atoms with Crippen molar-refractivity contribution in [2.75, 3.05) is 13.2 Å². The Balaban J connectivity index is 1.64. The van der Waals surface area contributed by atoms with E-state index in [9.17, 15) is 41.5 Å². The van der Waals surface area contributed by atoms with Gasteiger partial charge in [0.05, 0.1) is 18.6 Å². The second-order valence-electron chi connectivity index (χ2n) is 11.9. The van der Waals surface area contributed by atoms with Crippen LogP contribution in [-0.4, -0.2) is 83.9 Å². The fraction of sp³-hybridized carbons (Fsp3) is 0.750. The van der Waals surface area contributed by atoms with E-state index in [4.69, 9.17) is 0 Å². The van der Waals surface area contributed by atoms with Crippen molar-refractivity contribution in [1.82, 2.24) is 20.9 Å². The molecule has 3 heterocycles. The largest absolute Gasteiger partial charge is 0.471 e. The Kier molecular flexibility index (Phi) is 10.2. The van der Waals surface area contributed by atoms with E-state index >= 15 is 8.78 Å². The number of nitrogens with zero attached hydrogens (tertiary/aromatic N) is 1. The summed E-state index contributed by atoms with van der Waals surface area (Å²) in [6, 6.07) is -6.15. The van der Waals surface area contributed by atoms with Crippen LogP contribution < -0.4 is 16.0 Å². The van der Waals surface area contributed by atoms with Crippen LogP contribution in [0.5, 0.6) is 0 Å². The number of hydrogen-bond donors (Lipinski definition) is 3.